The van der Waals surface area contributed by atoms with Gasteiger partial charge in [-0.2, -0.15) is 0 Å². The highest BCUT2D eigenvalue weighted by Crippen LogP contribution is 2.22. The first-order valence-corrected chi connectivity index (χ1v) is 31.2. The number of nitrogens with zero attached hydrogens (tertiary/aromatic N) is 8. The number of hydrogen-bond acceptors (Lipinski definition) is 11. The summed E-state index contributed by atoms with van der Waals surface area (Å²) in [4.78, 5) is 19.9. The van der Waals surface area contributed by atoms with Crippen LogP contribution in [-0.4, -0.2) is 223 Å². The minimum atomic E-state index is -2.72. The van der Waals surface area contributed by atoms with Gasteiger partial charge in [0.2, 0.25) is 0 Å². The van der Waals surface area contributed by atoms with Crippen molar-refractivity contribution < 1.29 is 8.42 Å². The van der Waals surface area contributed by atoms with Crippen molar-refractivity contribution in [2.75, 3.05) is 136 Å². The molecule has 426 valence electrons. The van der Waals surface area contributed by atoms with Gasteiger partial charge in [0.1, 0.15) is 0 Å². The van der Waals surface area contributed by atoms with Crippen LogP contribution in [0, 0.1) is 0 Å². The fourth-order valence-corrected chi connectivity index (χ4v) is 11.3. The molecule has 0 spiro atoms. The lowest BCUT2D eigenvalue weighted by Gasteiger charge is -2.41. The molecule has 0 aromatic rings. The van der Waals surface area contributed by atoms with E-state index in [9.17, 15) is 8.42 Å². The molecule has 7 heterocycles. The van der Waals surface area contributed by atoms with Gasteiger partial charge in [0.25, 0.3) is 0 Å². The Kier molecular flexibility index (Phi) is 31.3. The van der Waals surface area contributed by atoms with Crippen LogP contribution in [0.2, 0.25) is 0 Å². The maximum absolute atomic E-state index is 11.1. The topological polar surface area (TPSA) is 72.1 Å². The predicted molar refractivity (Wildman–Crippen MR) is 314 cm³/mol. The van der Waals surface area contributed by atoms with Gasteiger partial charge >= 0.3 is 0 Å². The van der Waals surface area contributed by atoms with Gasteiger partial charge in [-0.05, 0) is 249 Å². The molecule has 7 fully saturated rings. The van der Waals surface area contributed by atoms with Crippen molar-refractivity contribution >= 4 is 9.84 Å². The summed E-state index contributed by atoms with van der Waals surface area (Å²) in [5.41, 5.74) is 2.04. The fraction of sp³-hybridized carbons (Fsp3) is 1.00. The highest BCUT2D eigenvalue weighted by atomic mass is 32.2. The Morgan fingerprint density at radius 3 is 0.789 bits per heavy atom. The lowest BCUT2D eigenvalue weighted by atomic mass is 10.0. The van der Waals surface area contributed by atoms with Crippen molar-refractivity contribution in [2.24, 2.45) is 0 Å². The van der Waals surface area contributed by atoms with Gasteiger partial charge in [0.15, 0.2) is 9.84 Å². The zero-order valence-corrected chi connectivity index (χ0v) is 52.6. The molecule has 0 bridgehead atoms. The van der Waals surface area contributed by atoms with Gasteiger partial charge in [0.05, 0.1) is 11.5 Å². The van der Waals surface area contributed by atoms with Gasteiger partial charge in [-0.1, -0.05) is 19.3 Å². The first-order chi connectivity index (χ1) is 32.5. The van der Waals surface area contributed by atoms with E-state index in [1.807, 2.05) is 0 Å². The predicted octanol–water partition coefficient (Wildman–Crippen LogP) is 10.5. The maximum atomic E-state index is 11.1. The number of piperazine rings is 2. The molecular weight excluding hydrogens is 899 g/mol. The number of likely N-dealkylation sites (tertiary alicyclic amines) is 4. The van der Waals surface area contributed by atoms with E-state index in [4.69, 9.17) is 0 Å². The van der Waals surface area contributed by atoms with Gasteiger partial charge in [-0.3, -0.25) is 29.4 Å². The Balaban J connectivity index is 0.000000415. The highest BCUT2D eigenvalue weighted by molar-refractivity contribution is 7.91. The van der Waals surface area contributed by atoms with Crippen LogP contribution in [0.3, 0.4) is 0 Å². The van der Waals surface area contributed by atoms with E-state index in [0.29, 0.717) is 52.3 Å². The quantitative estimate of drug-likeness (QED) is 0.273. The highest BCUT2D eigenvalue weighted by Gasteiger charge is 2.29. The molecule has 0 aromatic heterocycles. The second-order valence-electron chi connectivity index (χ2n) is 28.2. The average Bonchev–Trinajstić information content (AvgIpc) is 3.84. The lowest BCUT2D eigenvalue weighted by molar-refractivity contribution is 0.0735. The van der Waals surface area contributed by atoms with Crippen LogP contribution in [-0.2, 0) is 9.84 Å². The van der Waals surface area contributed by atoms with Gasteiger partial charge in [-0.25, -0.2) is 8.42 Å². The monoisotopic (exact) mass is 1030 g/mol. The van der Waals surface area contributed by atoms with Crippen LogP contribution in [0.1, 0.15) is 209 Å². The molecule has 0 aromatic carbocycles. The van der Waals surface area contributed by atoms with E-state index in [-0.39, 0.29) is 5.54 Å². The van der Waals surface area contributed by atoms with Crippen LogP contribution in [0.4, 0.5) is 0 Å². The first kappa shape index (κ1) is 68.6. The summed E-state index contributed by atoms with van der Waals surface area (Å²) in [5, 5.41) is 3.35. The SMILES string of the molecule is CC(C)(C)N1CCCCC1.CC(C)(C)N1CCCCC1.CC(C)(C)N1CCCCC1.CC(C)(C)N1CCNCC1.CC(C)(C)N1CCS(=O)(=O)CC1.CC(C)N1CCCC1.CN1CCN(C(C)(C)C)CC1. The van der Waals surface area contributed by atoms with E-state index >= 15 is 0 Å². The van der Waals surface area contributed by atoms with Crippen molar-refractivity contribution in [3.63, 3.8) is 0 Å². The third-order valence-corrected chi connectivity index (χ3v) is 17.2. The molecule has 0 atom stereocenters. The Hall–Kier alpha value is -0.410. The van der Waals surface area contributed by atoms with Gasteiger partial charge in [-0.15, -0.1) is 0 Å². The Morgan fingerprint density at radius 1 is 0.324 bits per heavy atom. The lowest BCUT2D eigenvalue weighted by Crippen LogP contribution is -2.52. The van der Waals surface area contributed by atoms with E-state index in [1.165, 1.54) is 162 Å². The zero-order valence-electron chi connectivity index (χ0n) is 51.8. The van der Waals surface area contributed by atoms with Crippen molar-refractivity contribution in [1.29, 1.82) is 0 Å². The number of rotatable bonds is 1. The fourth-order valence-electron chi connectivity index (χ4n) is 10.1. The van der Waals surface area contributed by atoms with Crippen molar-refractivity contribution in [3.8, 4) is 0 Å². The van der Waals surface area contributed by atoms with Crippen LogP contribution >= 0.6 is 0 Å². The average molecular weight is 1030 g/mol. The Bertz CT molecular complexity index is 1300. The van der Waals surface area contributed by atoms with Crippen molar-refractivity contribution in [3.05, 3.63) is 0 Å². The molecule has 0 unspecified atom stereocenters. The molecule has 0 saturated carbocycles. The Morgan fingerprint density at radius 2 is 0.563 bits per heavy atom. The molecule has 1 N–H and O–H groups in total. The number of piperidine rings is 3. The third kappa shape index (κ3) is 31.4. The first-order valence-electron chi connectivity index (χ1n) is 29.4. The van der Waals surface area contributed by atoms with E-state index in [0.717, 1.165) is 19.1 Å². The molecule has 0 radical (unpaired) electrons. The molecule has 7 rings (SSSR count). The molecule has 12 heteroatoms. The zero-order chi connectivity index (χ0) is 54.3. The van der Waals surface area contributed by atoms with E-state index in [2.05, 4.69) is 190 Å². The summed E-state index contributed by atoms with van der Waals surface area (Å²) in [6.07, 6.45) is 15.5. The minimum Gasteiger partial charge on any atom is -0.314 e. The van der Waals surface area contributed by atoms with E-state index < -0.39 is 9.84 Å². The van der Waals surface area contributed by atoms with Crippen LogP contribution < -0.4 is 5.32 Å². The smallest absolute Gasteiger partial charge is 0.152 e. The van der Waals surface area contributed by atoms with Gasteiger partial charge < -0.3 is 15.1 Å². The summed E-state index contributed by atoms with van der Waals surface area (Å²) in [6, 6.07) is 0.775. The number of nitrogens with one attached hydrogen (secondary N) is 1. The summed E-state index contributed by atoms with van der Waals surface area (Å²) in [5.74, 6) is 0.647. The van der Waals surface area contributed by atoms with Crippen molar-refractivity contribution in [2.45, 2.75) is 248 Å². The Labute approximate surface area is 445 Å². The molecule has 71 heavy (non-hydrogen) atoms. The summed E-state index contributed by atoms with van der Waals surface area (Å²) in [7, 11) is -0.523. The number of sulfone groups is 1. The second kappa shape index (κ2) is 32.4. The summed E-state index contributed by atoms with van der Waals surface area (Å²) in [6.45, 7) is 66.8. The standard InChI is InChI=1S/C9H20N2.3C9H19N.C8H18N2.C8H17NO2S.C7H15N/c1-9(2,3)11-7-5-10(4)6-8-11;3*1-9(2,3)10-7-5-4-6-8-10;1-8(2,3)10-6-4-9-5-7-10;1-8(2,3)9-4-6-12(10,11)7-5-9;1-7(2)8-5-3-4-6-8/h5-8H2,1-4H3;3*4-8H2,1-3H3;9H,4-7H2,1-3H3;4-7H2,1-3H3;7H,3-6H2,1-2H3. The maximum Gasteiger partial charge on any atom is 0.152 e. The third-order valence-electron chi connectivity index (χ3n) is 15.6. The number of likely N-dealkylation sites (N-methyl/N-ethyl adjacent to an activating group) is 1. The molecule has 7 aliphatic heterocycles. The molecular formula is C59H127N9O2S. The number of hydrogen-bond donors (Lipinski definition) is 1. The van der Waals surface area contributed by atoms with E-state index in [1.54, 1.807) is 0 Å². The molecule has 0 aliphatic carbocycles. The van der Waals surface area contributed by atoms with Crippen LogP contribution in [0.15, 0.2) is 0 Å². The summed E-state index contributed by atoms with van der Waals surface area (Å²) < 4.78 is 22.2. The normalized spacial score (nSPS) is 23.6. The minimum absolute atomic E-state index is 0.107. The van der Waals surface area contributed by atoms with Gasteiger partial charge in [0, 0.05) is 105 Å². The molecule has 7 aliphatic rings. The van der Waals surface area contributed by atoms with Crippen LogP contribution in [0.25, 0.3) is 0 Å². The van der Waals surface area contributed by atoms with Crippen molar-refractivity contribution in [1.82, 2.24) is 44.5 Å². The largest absolute Gasteiger partial charge is 0.314 e. The molecule has 11 nitrogen and oxygen atoms in total. The van der Waals surface area contributed by atoms with Crippen LogP contribution in [0.5, 0.6) is 0 Å². The molecule has 0 amide bonds. The second-order valence-corrected chi connectivity index (χ2v) is 30.5. The summed E-state index contributed by atoms with van der Waals surface area (Å²) >= 11 is 0. The molecule has 7 saturated heterocycles.